The SMILES string of the molecule is CC(C)(C)OC(=O)c1cc2cccc(Br)c2cn1. The van der Waals surface area contributed by atoms with Gasteiger partial charge in [-0.1, -0.05) is 28.1 Å². The maximum Gasteiger partial charge on any atom is 0.357 e. The summed E-state index contributed by atoms with van der Waals surface area (Å²) in [5.41, 5.74) is -0.180. The molecule has 0 atom stereocenters. The van der Waals surface area contributed by atoms with Crippen molar-refractivity contribution in [3.8, 4) is 0 Å². The molecule has 1 aromatic carbocycles. The molecule has 0 unspecified atom stereocenters. The van der Waals surface area contributed by atoms with Crippen LogP contribution in [0.25, 0.3) is 10.8 Å². The maximum absolute atomic E-state index is 11.9. The number of rotatable bonds is 1. The Labute approximate surface area is 114 Å². The predicted molar refractivity (Wildman–Crippen MR) is 74.6 cm³/mol. The molecule has 0 radical (unpaired) electrons. The first-order valence-corrected chi connectivity index (χ1v) is 6.44. The van der Waals surface area contributed by atoms with E-state index in [0.717, 1.165) is 15.2 Å². The summed E-state index contributed by atoms with van der Waals surface area (Å²) in [6, 6.07) is 7.55. The lowest BCUT2D eigenvalue weighted by Crippen LogP contribution is -2.24. The number of halogens is 1. The van der Waals surface area contributed by atoms with Crippen LogP contribution in [0.1, 0.15) is 31.3 Å². The summed E-state index contributed by atoms with van der Waals surface area (Å²) in [4.78, 5) is 16.0. The van der Waals surface area contributed by atoms with E-state index < -0.39 is 11.6 Å². The lowest BCUT2D eigenvalue weighted by Gasteiger charge is -2.19. The van der Waals surface area contributed by atoms with Gasteiger partial charge >= 0.3 is 5.97 Å². The Morgan fingerprint density at radius 3 is 2.72 bits per heavy atom. The molecule has 0 spiro atoms. The molecule has 3 nitrogen and oxygen atoms in total. The minimum atomic E-state index is -0.509. The third kappa shape index (κ3) is 2.88. The molecule has 4 heteroatoms. The number of benzene rings is 1. The number of hydrogen-bond donors (Lipinski definition) is 0. The summed E-state index contributed by atoms with van der Waals surface area (Å²) in [5, 5.41) is 1.94. The Balaban J connectivity index is 2.39. The van der Waals surface area contributed by atoms with E-state index in [1.807, 2.05) is 39.0 Å². The largest absolute Gasteiger partial charge is 0.455 e. The van der Waals surface area contributed by atoms with Gasteiger partial charge in [0, 0.05) is 16.1 Å². The molecule has 0 fully saturated rings. The Bertz CT molecular complexity index is 602. The van der Waals surface area contributed by atoms with Gasteiger partial charge in [-0.3, -0.25) is 0 Å². The average Bonchev–Trinajstić information content (AvgIpc) is 2.26. The first-order valence-electron chi connectivity index (χ1n) is 5.64. The van der Waals surface area contributed by atoms with E-state index in [0.29, 0.717) is 5.69 Å². The molecule has 0 aliphatic carbocycles. The lowest BCUT2D eigenvalue weighted by atomic mass is 10.1. The average molecular weight is 308 g/mol. The van der Waals surface area contributed by atoms with Crippen LogP contribution in [-0.4, -0.2) is 16.6 Å². The van der Waals surface area contributed by atoms with E-state index in [2.05, 4.69) is 20.9 Å². The fourth-order valence-corrected chi connectivity index (χ4v) is 2.06. The molecule has 0 amide bonds. The molecule has 2 rings (SSSR count). The second-order valence-corrected chi connectivity index (χ2v) is 5.89. The number of hydrogen-bond acceptors (Lipinski definition) is 3. The third-order valence-corrected chi connectivity index (χ3v) is 3.01. The molecule has 0 N–H and O–H groups in total. The molecule has 1 aromatic heterocycles. The first-order chi connectivity index (χ1) is 8.37. The van der Waals surface area contributed by atoms with Crippen LogP contribution < -0.4 is 0 Å². The van der Waals surface area contributed by atoms with Crippen molar-refractivity contribution in [2.45, 2.75) is 26.4 Å². The molecular formula is C14H14BrNO2. The molecule has 94 valence electrons. The van der Waals surface area contributed by atoms with Crippen LogP contribution in [0.3, 0.4) is 0 Å². The standard InChI is InChI=1S/C14H14BrNO2/c1-14(2,3)18-13(17)12-7-9-5-4-6-11(15)10(9)8-16-12/h4-8H,1-3H3. The number of nitrogens with zero attached hydrogens (tertiary/aromatic N) is 1. The van der Waals surface area contributed by atoms with Crippen LogP contribution in [0.15, 0.2) is 34.9 Å². The normalized spacial score (nSPS) is 11.6. The Morgan fingerprint density at radius 2 is 2.06 bits per heavy atom. The van der Waals surface area contributed by atoms with Gasteiger partial charge in [-0.2, -0.15) is 0 Å². The van der Waals surface area contributed by atoms with Crippen molar-refractivity contribution < 1.29 is 9.53 Å². The van der Waals surface area contributed by atoms with Crippen LogP contribution in [0.2, 0.25) is 0 Å². The van der Waals surface area contributed by atoms with Crippen molar-refractivity contribution >= 4 is 32.7 Å². The van der Waals surface area contributed by atoms with Gasteiger partial charge in [-0.05, 0) is 38.3 Å². The predicted octanol–water partition coefficient (Wildman–Crippen LogP) is 3.95. The van der Waals surface area contributed by atoms with Gasteiger partial charge < -0.3 is 4.74 Å². The van der Waals surface area contributed by atoms with Crippen LogP contribution in [-0.2, 0) is 4.74 Å². The van der Waals surface area contributed by atoms with Crippen molar-refractivity contribution in [1.29, 1.82) is 0 Å². The summed E-state index contributed by atoms with van der Waals surface area (Å²) >= 11 is 3.45. The number of ether oxygens (including phenoxy) is 1. The van der Waals surface area contributed by atoms with Gasteiger partial charge in [0.1, 0.15) is 11.3 Å². The van der Waals surface area contributed by atoms with E-state index >= 15 is 0 Å². The van der Waals surface area contributed by atoms with Crippen LogP contribution in [0.4, 0.5) is 0 Å². The molecule has 0 saturated heterocycles. The molecule has 2 aromatic rings. The van der Waals surface area contributed by atoms with E-state index in [-0.39, 0.29) is 0 Å². The Hall–Kier alpha value is -1.42. The summed E-state index contributed by atoms with van der Waals surface area (Å²) in [6.45, 7) is 5.51. The van der Waals surface area contributed by atoms with Crippen LogP contribution in [0, 0.1) is 0 Å². The zero-order valence-electron chi connectivity index (χ0n) is 10.5. The molecule has 0 aliphatic heterocycles. The van der Waals surface area contributed by atoms with Gasteiger partial charge in [-0.15, -0.1) is 0 Å². The topological polar surface area (TPSA) is 39.2 Å². The molecule has 1 heterocycles. The zero-order chi connectivity index (χ0) is 13.3. The molecular weight excluding hydrogens is 294 g/mol. The summed E-state index contributed by atoms with van der Waals surface area (Å²) in [7, 11) is 0. The van der Waals surface area contributed by atoms with E-state index in [9.17, 15) is 4.79 Å². The highest BCUT2D eigenvalue weighted by molar-refractivity contribution is 9.10. The summed E-state index contributed by atoms with van der Waals surface area (Å²) in [5.74, 6) is -0.399. The third-order valence-electron chi connectivity index (χ3n) is 2.32. The fourth-order valence-electron chi connectivity index (χ4n) is 1.58. The van der Waals surface area contributed by atoms with Gasteiger partial charge in [0.05, 0.1) is 0 Å². The highest BCUT2D eigenvalue weighted by atomic mass is 79.9. The lowest BCUT2D eigenvalue weighted by molar-refractivity contribution is 0.00631. The minimum Gasteiger partial charge on any atom is -0.455 e. The summed E-state index contributed by atoms with van der Waals surface area (Å²) < 4.78 is 6.25. The van der Waals surface area contributed by atoms with Crippen molar-refractivity contribution in [3.05, 3.63) is 40.6 Å². The second kappa shape index (κ2) is 4.69. The van der Waals surface area contributed by atoms with Gasteiger partial charge in [0.25, 0.3) is 0 Å². The number of aromatic nitrogens is 1. The van der Waals surface area contributed by atoms with Crippen molar-refractivity contribution in [3.63, 3.8) is 0 Å². The monoisotopic (exact) mass is 307 g/mol. The molecule has 0 bridgehead atoms. The highest BCUT2D eigenvalue weighted by Gasteiger charge is 2.19. The van der Waals surface area contributed by atoms with Crippen molar-refractivity contribution in [1.82, 2.24) is 4.98 Å². The van der Waals surface area contributed by atoms with Crippen LogP contribution >= 0.6 is 15.9 Å². The Morgan fingerprint density at radius 1 is 1.33 bits per heavy atom. The number of fused-ring (bicyclic) bond motifs is 1. The van der Waals surface area contributed by atoms with Gasteiger partial charge in [0.15, 0.2) is 0 Å². The smallest absolute Gasteiger partial charge is 0.357 e. The number of carbonyl (C=O) groups excluding carboxylic acids is 1. The zero-order valence-corrected chi connectivity index (χ0v) is 12.1. The fraction of sp³-hybridized carbons (Fsp3) is 0.286. The van der Waals surface area contributed by atoms with E-state index in [1.165, 1.54) is 0 Å². The number of pyridine rings is 1. The molecule has 0 aliphatic rings. The summed E-state index contributed by atoms with van der Waals surface area (Å²) in [6.07, 6.45) is 1.68. The van der Waals surface area contributed by atoms with E-state index in [4.69, 9.17) is 4.74 Å². The Kier molecular flexibility index (Phi) is 3.39. The second-order valence-electron chi connectivity index (χ2n) is 5.03. The van der Waals surface area contributed by atoms with Crippen molar-refractivity contribution in [2.24, 2.45) is 0 Å². The first kappa shape index (κ1) is 13.0. The van der Waals surface area contributed by atoms with Gasteiger partial charge in [-0.25, -0.2) is 9.78 Å². The van der Waals surface area contributed by atoms with Crippen LogP contribution in [0.5, 0.6) is 0 Å². The molecule has 0 saturated carbocycles. The highest BCUT2D eigenvalue weighted by Crippen LogP contribution is 2.23. The van der Waals surface area contributed by atoms with E-state index in [1.54, 1.807) is 12.3 Å². The van der Waals surface area contributed by atoms with Gasteiger partial charge in [0.2, 0.25) is 0 Å². The maximum atomic E-state index is 11.9. The number of carbonyl (C=O) groups is 1. The van der Waals surface area contributed by atoms with Crippen molar-refractivity contribution in [2.75, 3.05) is 0 Å². The quantitative estimate of drug-likeness (QED) is 0.749. The minimum absolute atomic E-state index is 0.329. The molecule has 18 heavy (non-hydrogen) atoms. The number of esters is 1.